The second-order valence-electron chi connectivity index (χ2n) is 5.87. The van der Waals surface area contributed by atoms with E-state index in [1.807, 2.05) is 14.1 Å². The van der Waals surface area contributed by atoms with Gasteiger partial charge in [-0.2, -0.15) is 5.10 Å². The highest BCUT2D eigenvalue weighted by Gasteiger charge is 2.18. The van der Waals surface area contributed by atoms with E-state index in [2.05, 4.69) is 28.7 Å². The quantitative estimate of drug-likeness (QED) is 0.774. The van der Waals surface area contributed by atoms with Crippen molar-refractivity contribution in [3.63, 3.8) is 0 Å². The van der Waals surface area contributed by atoms with E-state index < -0.39 is 5.97 Å². The Balaban J connectivity index is 2.82. The zero-order valence-corrected chi connectivity index (χ0v) is 13.1. The number of aryl methyl sites for hydroxylation is 1. The van der Waals surface area contributed by atoms with E-state index in [4.69, 9.17) is 0 Å². The van der Waals surface area contributed by atoms with Crippen molar-refractivity contribution >= 4 is 5.97 Å². The van der Waals surface area contributed by atoms with Crippen LogP contribution in [-0.4, -0.2) is 64.4 Å². The highest BCUT2D eigenvalue weighted by Crippen LogP contribution is 2.12. The molecule has 1 heterocycles. The van der Waals surface area contributed by atoms with Gasteiger partial charge in [0.05, 0.1) is 11.9 Å². The molecule has 20 heavy (non-hydrogen) atoms. The van der Waals surface area contributed by atoms with Crippen LogP contribution >= 0.6 is 0 Å². The predicted octanol–water partition coefficient (Wildman–Crippen LogP) is 1.14. The molecule has 6 nitrogen and oxygen atoms in total. The normalized spacial score (nSPS) is 11.8. The molecule has 1 aromatic rings. The molecule has 0 spiro atoms. The van der Waals surface area contributed by atoms with Crippen LogP contribution in [-0.2, 0) is 13.6 Å². The number of hydrogen-bond donors (Lipinski definition) is 1. The molecule has 0 aromatic carbocycles. The number of aromatic nitrogens is 2. The molecule has 0 atom stereocenters. The van der Waals surface area contributed by atoms with Crippen LogP contribution in [0.15, 0.2) is 6.20 Å². The number of aromatic carboxylic acids is 1. The average Bonchev–Trinajstić information content (AvgIpc) is 2.67. The number of carboxylic acids is 1. The van der Waals surface area contributed by atoms with Crippen molar-refractivity contribution < 1.29 is 9.90 Å². The highest BCUT2D eigenvalue weighted by atomic mass is 16.4. The zero-order chi connectivity index (χ0) is 15.3. The summed E-state index contributed by atoms with van der Waals surface area (Å²) in [5.41, 5.74) is 1.06. The molecule has 6 heteroatoms. The summed E-state index contributed by atoms with van der Waals surface area (Å²) in [5, 5.41) is 13.3. The lowest BCUT2D eigenvalue weighted by Crippen LogP contribution is -2.35. The molecule has 0 saturated carbocycles. The van der Waals surface area contributed by atoms with Crippen LogP contribution in [0.3, 0.4) is 0 Å². The maximum absolute atomic E-state index is 11.2. The van der Waals surface area contributed by atoms with Gasteiger partial charge in [0.15, 0.2) is 0 Å². The van der Waals surface area contributed by atoms with Crippen molar-refractivity contribution in [3.8, 4) is 0 Å². The van der Waals surface area contributed by atoms with Gasteiger partial charge in [-0.25, -0.2) is 4.79 Å². The maximum atomic E-state index is 11.2. The lowest BCUT2D eigenvalue weighted by molar-refractivity contribution is 0.0694. The van der Waals surface area contributed by atoms with E-state index >= 15 is 0 Å². The Morgan fingerprint density at radius 1 is 1.40 bits per heavy atom. The average molecular weight is 282 g/mol. The molecule has 1 aromatic heterocycles. The van der Waals surface area contributed by atoms with Crippen molar-refractivity contribution in [2.75, 3.05) is 33.7 Å². The van der Waals surface area contributed by atoms with Crippen LogP contribution in [0.1, 0.15) is 29.9 Å². The van der Waals surface area contributed by atoms with Crippen molar-refractivity contribution in [3.05, 3.63) is 17.5 Å². The van der Waals surface area contributed by atoms with Crippen LogP contribution in [0.4, 0.5) is 0 Å². The zero-order valence-electron chi connectivity index (χ0n) is 13.1. The Bertz CT molecular complexity index is 440. The fourth-order valence-electron chi connectivity index (χ4n) is 2.13. The van der Waals surface area contributed by atoms with Crippen LogP contribution < -0.4 is 0 Å². The second kappa shape index (κ2) is 7.40. The molecule has 1 rings (SSSR count). The Kier molecular flexibility index (Phi) is 6.16. The fourth-order valence-corrected chi connectivity index (χ4v) is 2.13. The van der Waals surface area contributed by atoms with E-state index in [0.29, 0.717) is 18.0 Å². The second-order valence-corrected chi connectivity index (χ2v) is 5.87. The summed E-state index contributed by atoms with van der Waals surface area (Å²) in [4.78, 5) is 15.6. The predicted molar refractivity (Wildman–Crippen MR) is 78.8 cm³/mol. The molecule has 0 saturated heterocycles. The minimum absolute atomic E-state index is 0.297. The maximum Gasteiger partial charge on any atom is 0.339 e. The third-order valence-corrected chi connectivity index (χ3v) is 3.15. The van der Waals surface area contributed by atoms with Crippen LogP contribution in [0, 0.1) is 5.92 Å². The highest BCUT2D eigenvalue weighted by molar-refractivity contribution is 5.88. The van der Waals surface area contributed by atoms with Gasteiger partial charge in [0, 0.05) is 33.2 Å². The number of likely N-dealkylation sites (N-methyl/N-ethyl adjacent to an activating group) is 1. The van der Waals surface area contributed by atoms with Gasteiger partial charge in [0.1, 0.15) is 5.56 Å². The molecule has 1 N–H and O–H groups in total. The van der Waals surface area contributed by atoms with Gasteiger partial charge in [0.25, 0.3) is 0 Å². The van der Waals surface area contributed by atoms with Gasteiger partial charge in [-0.3, -0.25) is 9.58 Å². The SMILES string of the molecule is CC(C)CN(CCN(C)C)Cc1c(C(=O)O)cnn1C. The van der Waals surface area contributed by atoms with Crippen LogP contribution in [0.2, 0.25) is 0 Å². The van der Waals surface area contributed by atoms with E-state index in [-0.39, 0.29) is 0 Å². The Hall–Kier alpha value is -1.40. The molecular weight excluding hydrogens is 256 g/mol. The lowest BCUT2D eigenvalue weighted by atomic mass is 10.2. The monoisotopic (exact) mass is 282 g/mol. The van der Waals surface area contributed by atoms with E-state index in [1.165, 1.54) is 6.20 Å². The molecule has 0 aliphatic carbocycles. The molecular formula is C14H26N4O2. The molecule has 0 unspecified atom stereocenters. The molecule has 0 aliphatic heterocycles. The number of hydrogen-bond acceptors (Lipinski definition) is 4. The topological polar surface area (TPSA) is 61.6 Å². The van der Waals surface area contributed by atoms with Crippen molar-refractivity contribution in [2.45, 2.75) is 20.4 Å². The molecule has 0 amide bonds. The van der Waals surface area contributed by atoms with Gasteiger partial charge in [0.2, 0.25) is 0 Å². The standard InChI is InChI=1S/C14H26N4O2/c1-11(2)9-18(7-6-16(3)4)10-13-12(14(19)20)8-15-17(13)5/h8,11H,6-7,9-10H2,1-5H3,(H,19,20). The van der Waals surface area contributed by atoms with Gasteiger partial charge in [-0.1, -0.05) is 13.8 Å². The first kappa shape index (κ1) is 16.7. The van der Waals surface area contributed by atoms with Gasteiger partial charge >= 0.3 is 5.97 Å². The number of carbonyl (C=O) groups is 1. The van der Waals surface area contributed by atoms with E-state index in [0.717, 1.165) is 25.3 Å². The first-order valence-electron chi connectivity index (χ1n) is 6.92. The first-order valence-corrected chi connectivity index (χ1v) is 6.92. The molecule has 114 valence electrons. The summed E-state index contributed by atoms with van der Waals surface area (Å²) >= 11 is 0. The minimum Gasteiger partial charge on any atom is -0.478 e. The summed E-state index contributed by atoms with van der Waals surface area (Å²) in [6.07, 6.45) is 1.43. The van der Waals surface area contributed by atoms with Gasteiger partial charge in [-0.15, -0.1) is 0 Å². The largest absolute Gasteiger partial charge is 0.478 e. The van der Waals surface area contributed by atoms with Crippen LogP contribution in [0.25, 0.3) is 0 Å². The molecule has 0 bridgehead atoms. The van der Waals surface area contributed by atoms with Crippen molar-refractivity contribution in [1.82, 2.24) is 19.6 Å². The third kappa shape index (κ3) is 4.94. The Morgan fingerprint density at radius 3 is 2.55 bits per heavy atom. The van der Waals surface area contributed by atoms with Gasteiger partial charge in [-0.05, 0) is 20.0 Å². The Labute approximate surface area is 121 Å². The first-order chi connectivity index (χ1) is 9.31. The van der Waals surface area contributed by atoms with E-state index in [1.54, 1.807) is 11.7 Å². The molecule has 0 radical (unpaired) electrons. The van der Waals surface area contributed by atoms with Crippen LogP contribution in [0.5, 0.6) is 0 Å². The summed E-state index contributed by atoms with van der Waals surface area (Å²) in [7, 11) is 5.88. The minimum atomic E-state index is -0.912. The number of carboxylic acid groups (broad SMARTS) is 1. The molecule has 0 aliphatic rings. The van der Waals surface area contributed by atoms with Gasteiger partial charge < -0.3 is 10.0 Å². The summed E-state index contributed by atoms with van der Waals surface area (Å²) in [6, 6.07) is 0. The Morgan fingerprint density at radius 2 is 2.05 bits per heavy atom. The summed E-state index contributed by atoms with van der Waals surface area (Å²) < 4.78 is 1.66. The van der Waals surface area contributed by atoms with E-state index in [9.17, 15) is 9.90 Å². The molecule has 0 fully saturated rings. The summed E-state index contributed by atoms with van der Waals surface area (Å²) in [6.45, 7) is 7.76. The number of nitrogens with zero attached hydrogens (tertiary/aromatic N) is 4. The smallest absolute Gasteiger partial charge is 0.339 e. The third-order valence-electron chi connectivity index (χ3n) is 3.15. The number of rotatable bonds is 8. The van der Waals surface area contributed by atoms with Crippen molar-refractivity contribution in [1.29, 1.82) is 0 Å². The lowest BCUT2D eigenvalue weighted by Gasteiger charge is -2.26. The summed E-state index contributed by atoms with van der Waals surface area (Å²) in [5.74, 6) is -0.371. The fraction of sp³-hybridized carbons (Fsp3) is 0.714. The van der Waals surface area contributed by atoms with Crippen molar-refractivity contribution in [2.24, 2.45) is 13.0 Å².